The molecule has 1 heterocycles. The minimum Gasteiger partial charge on any atom is -0.326 e. The zero-order valence-electron chi connectivity index (χ0n) is 6.83. The molecule has 2 unspecified atom stereocenters. The summed E-state index contributed by atoms with van der Waals surface area (Å²) in [4.78, 5) is 2.31. The van der Waals surface area contributed by atoms with Gasteiger partial charge in [-0.15, -0.1) is 0 Å². The van der Waals surface area contributed by atoms with Gasteiger partial charge in [0.25, 0.3) is 0 Å². The minimum absolute atomic E-state index is 0.346. The van der Waals surface area contributed by atoms with Crippen LogP contribution >= 0.6 is 11.6 Å². The molecule has 3 heteroatoms. The van der Waals surface area contributed by atoms with Crippen molar-refractivity contribution in [3.63, 3.8) is 0 Å². The molecule has 0 aromatic rings. The monoisotopic (exact) mass is 174 g/mol. The van der Waals surface area contributed by atoms with Crippen LogP contribution in [0.4, 0.5) is 0 Å². The fourth-order valence-electron chi connectivity index (χ4n) is 1.43. The second kappa shape index (κ2) is 4.10. The van der Waals surface area contributed by atoms with Crippen LogP contribution in [0.5, 0.6) is 0 Å². The highest BCUT2D eigenvalue weighted by atomic mass is 35.5. The van der Waals surface area contributed by atoms with Crippen molar-refractivity contribution >= 4 is 11.6 Å². The van der Waals surface area contributed by atoms with Gasteiger partial charge in [0.1, 0.15) is 0 Å². The smallest absolute Gasteiger partial charge is 0.0206 e. The lowest BCUT2D eigenvalue weighted by Gasteiger charge is -2.10. The Labute approximate surface area is 73.0 Å². The molecule has 0 radical (unpaired) electrons. The van der Waals surface area contributed by atoms with Gasteiger partial charge in [-0.25, -0.2) is 0 Å². The summed E-state index contributed by atoms with van der Waals surface area (Å²) < 4.78 is 0. The van der Waals surface area contributed by atoms with Gasteiger partial charge in [-0.05, 0) is 5.92 Å². The van der Waals surface area contributed by atoms with Crippen molar-refractivity contribution in [1.82, 2.24) is 4.90 Å². The van der Waals surface area contributed by atoms with E-state index in [9.17, 15) is 0 Å². The SMILES string of the molecule is CC1CN(C/C=C/Cl)CC1N. The van der Waals surface area contributed by atoms with Gasteiger partial charge in [-0.1, -0.05) is 24.6 Å². The summed E-state index contributed by atoms with van der Waals surface area (Å²) in [7, 11) is 0. The van der Waals surface area contributed by atoms with Gasteiger partial charge >= 0.3 is 0 Å². The highest BCUT2D eigenvalue weighted by Crippen LogP contribution is 2.13. The number of hydrogen-bond donors (Lipinski definition) is 1. The highest BCUT2D eigenvalue weighted by Gasteiger charge is 2.25. The Morgan fingerprint density at radius 2 is 2.36 bits per heavy atom. The molecule has 1 rings (SSSR count). The summed E-state index contributed by atoms with van der Waals surface area (Å²) >= 11 is 5.41. The molecule has 2 nitrogen and oxygen atoms in total. The zero-order chi connectivity index (χ0) is 8.27. The van der Waals surface area contributed by atoms with E-state index in [0.29, 0.717) is 12.0 Å². The van der Waals surface area contributed by atoms with E-state index in [0.717, 1.165) is 19.6 Å². The maximum Gasteiger partial charge on any atom is 0.0206 e. The first-order valence-corrected chi connectivity index (χ1v) is 4.41. The van der Waals surface area contributed by atoms with Crippen LogP contribution in [-0.4, -0.2) is 30.6 Å². The van der Waals surface area contributed by atoms with E-state index in [-0.39, 0.29) is 0 Å². The molecule has 0 aliphatic carbocycles. The van der Waals surface area contributed by atoms with E-state index in [1.807, 2.05) is 6.08 Å². The Bertz CT molecular complexity index is 137. The predicted octanol–water partition coefficient (Wildman–Crippen LogP) is 1.02. The number of hydrogen-bond acceptors (Lipinski definition) is 2. The Morgan fingerprint density at radius 1 is 1.64 bits per heavy atom. The van der Waals surface area contributed by atoms with E-state index >= 15 is 0 Å². The Morgan fingerprint density at radius 3 is 2.82 bits per heavy atom. The number of likely N-dealkylation sites (tertiary alicyclic amines) is 1. The molecule has 0 saturated carbocycles. The van der Waals surface area contributed by atoms with Crippen molar-refractivity contribution in [2.75, 3.05) is 19.6 Å². The topological polar surface area (TPSA) is 29.3 Å². The molecule has 0 aromatic carbocycles. The summed E-state index contributed by atoms with van der Waals surface area (Å²) in [6.45, 7) is 5.22. The van der Waals surface area contributed by atoms with Crippen LogP contribution in [0, 0.1) is 5.92 Å². The van der Waals surface area contributed by atoms with Crippen LogP contribution in [0.2, 0.25) is 0 Å². The van der Waals surface area contributed by atoms with Crippen molar-refractivity contribution < 1.29 is 0 Å². The molecular weight excluding hydrogens is 160 g/mol. The van der Waals surface area contributed by atoms with Crippen LogP contribution in [0.15, 0.2) is 11.6 Å². The fraction of sp³-hybridized carbons (Fsp3) is 0.750. The average Bonchev–Trinajstić information content (AvgIpc) is 2.28. The van der Waals surface area contributed by atoms with E-state index in [1.54, 1.807) is 5.54 Å². The lowest BCUT2D eigenvalue weighted by molar-refractivity contribution is 0.362. The largest absolute Gasteiger partial charge is 0.326 e. The first-order valence-electron chi connectivity index (χ1n) is 3.97. The molecule has 2 N–H and O–H groups in total. The Hall–Kier alpha value is -0.0500. The molecule has 11 heavy (non-hydrogen) atoms. The number of nitrogens with zero attached hydrogens (tertiary/aromatic N) is 1. The van der Waals surface area contributed by atoms with Crippen LogP contribution in [0.3, 0.4) is 0 Å². The quantitative estimate of drug-likeness (QED) is 0.678. The Balaban J connectivity index is 2.29. The molecule has 0 aromatic heterocycles. The second-order valence-electron chi connectivity index (χ2n) is 3.22. The van der Waals surface area contributed by atoms with Gasteiger partial charge in [-0.3, -0.25) is 4.90 Å². The lowest BCUT2D eigenvalue weighted by atomic mass is 10.1. The number of halogens is 1. The first kappa shape index (κ1) is 9.04. The summed E-state index contributed by atoms with van der Waals surface area (Å²) in [5.74, 6) is 0.624. The van der Waals surface area contributed by atoms with Gasteiger partial charge in [0.05, 0.1) is 0 Å². The van der Waals surface area contributed by atoms with Crippen molar-refractivity contribution in [2.24, 2.45) is 11.7 Å². The summed E-state index contributed by atoms with van der Waals surface area (Å²) in [5, 5.41) is 0. The standard InChI is InChI=1S/C8H15ClN2/c1-7-5-11(4-2-3-9)6-8(7)10/h2-3,7-8H,4-6,10H2,1H3/b3-2+. The van der Waals surface area contributed by atoms with Crippen LogP contribution < -0.4 is 5.73 Å². The van der Waals surface area contributed by atoms with E-state index < -0.39 is 0 Å². The van der Waals surface area contributed by atoms with Crippen molar-refractivity contribution in [3.8, 4) is 0 Å². The third-order valence-electron chi connectivity index (χ3n) is 2.20. The van der Waals surface area contributed by atoms with Gasteiger partial charge in [0.2, 0.25) is 0 Å². The maximum atomic E-state index is 5.84. The third-order valence-corrected chi connectivity index (χ3v) is 2.38. The van der Waals surface area contributed by atoms with Crippen molar-refractivity contribution in [2.45, 2.75) is 13.0 Å². The minimum atomic E-state index is 0.346. The lowest BCUT2D eigenvalue weighted by Crippen LogP contribution is -2.28. The molecule has 1 saturated heterocycles. The van der Waals surface area contributed by atoms with Crippen LogP contribution in [0.25, 0.3) is 0 Å². The molecule has 2 atom stereocenters. The third kappa shape index (κ3) is 2.47. The number of nitrogens with two attached hydrogens (primary N) is 1. The highest BCUT2D eigenvalue weighted by molar-refractivity contribution is 6.25. The second-order valence-corrected chi connectivity index (χ2v) is 3.47. The molecule has 1 aliphatic rings. The van der Waals surface area contributed by atoms with E-state index in [2.05, 4.69) is 11.8 Å². The summed E-state index contributed by atoms with van der Waals surface area (Å²) in [6.07, 6.45) is 1.95. The van der Waals surface area contributed by atoms with E-state index in [4.69, 9.17) is 17.3 Å². The van der Waals surface area contributed by atoms with Crippen LogP contribution in [-0.2, 0) is 0 Å². The maximum absolute atomic E-state index is 5.84. The fourth-order valence-corrected chi connectivity index (χ4v) is 1.51. The normalized spacial score (nSPS) is 33.7. The molecule has 0 bridgehead atoms. The van der Waals surface area contributed by atoms with Gasteiger partial charge in [0, 0.05) is 31.2 Å². The predicted molar refractivity (Wildman–Crippen MR) is 48.6 cm³/mol. The average molecular weight is 175 g/mol. The van der Waals surface area contributed by atoms with Gasteiger partial charge in [0.15, 0.2) is 0 Å². The molecule has 1 fully saturated rings. The van der Waals surface area contributed by atoms with Crippen molar-refractivity contribution in [1.29, 1.82) is 0 Å². The molecule has 0 amide bonds. The summed E-state index contributed by atoms with van der Waals surface area (Å²) in [5.41, 5.74) is 7.41. The molecule has 64 valence electrons. The number of rotatable bonds is 2. The zero-order valence-corrected chi connectivity index (χ0v) is 7.59. The van der Waals surface area contributed by atoms with Crippen molar-refractivity contribution in [3.05, 3.63) is 11.6 Å². The molecular formula is C8H15ClN2. The first-order chi connectivity index (χ1) is 5.24. The summed E-state index contributed by atoms with van der Waals surface area (Å²) in [6, 6.07) is 0.346. The van der Waals surface area contributed by atoms with Gasteiger partial charge < -0.3 is 5.73 Å². The Kier molecular flexibility index (Phi) is 3.37. The van der Waals surface area contributed by atoms with E-state index in [1.165, 1.54) is 0 Å². The molecule has 1 aliphatic heterocycles. The molecule has 0 spiro atoms. The van der Waals surface area contributed by atoms with Crippen LogP contribution in [0.1, 0.15) is 6.92 Å². The van der Waals surface area contributed by atoms with Gasteiger partial charge in [-0.2, -0.15) is 0 Å².